The maximum absolute atomic E-state index is 12.7. The number of piperazine rings is 1. The summed E-state index contributed by atoms with van der Waals surface area (Å²) in [6, 6.07) is 15.8. The smallest absolute Gasteiger partial charge is 0.274 e. The molecule has 146 valence electrons. The van der Waals surface area contributed by atoms with E-state index < -0.39 is 0 Å². The quantitative estimate of drug-likeness (QED) is 0.661. The first-order chi connectivity index (χ1) is 13.6. The van der Waals surface area contributed by atoms with Crippen molar-refractivity contribution in [2.75, 3.05) is 37.6 Å². The lowest BCUT2D eigenvalue weighted by molar-refractivity contribution is 0.248. The van der Waals surface area contributed by atoms with Gasteiger partial charge in [0.1, 0.15) is 0 Å². The zero-order chi connectivity index (χ0) is 19.5. The van der Waals surface area contributed by atoms with Crippen LogP contribution in [-0.4, -0.2) is 47.4 Å². The second kappa shape index (κ2) is 8.33. The highest BCUT2D eigenvalue weighted by Crippen LogP contribution is 2.20. The summed E-state index contributed by atoms with van der Waals surface area (Å²) >= 11 is 6.11. The molecule has 0 spiro atoms. The van der Waals surface area contributed by atoms with Crippen molar-refractivity contribution < 1.29 is 0 Å². The fourth-order valence-electron chi connectivity index (χ4n) is 3.90. The minimum absolute atomic E-state index is 0.00646. The van der Waals surface area contributed by atoms with Crippen molar-refractivity contribution in [3.05, 3.63) is 69.6 Å². The zero-order valence-corrected chi connectivity index (χ0v) is 16.9. The molecular weight excluding hydrogens is 372 g/mol. The van der Waals surface area contributed by atoms with E-state index in [2.05, 4.69) is 21.0 Å². The third-order valence-electron chi connectivity index (χ3n) is 5.44. The number of halogens is 1. The highest BCUT2D eigenvalue weighted by atomic mass is 35.5. The second-order valence-electron chi connectivity index (χ2n) is 7.32. The summed E-state index contributed by atoms with van der Waals surface area (Å²) in [5.41, 5.74) is 2.10. The number of aryl methyl sites for hydroxylation is 2. The van der Waals surface area contributed by atoms with Gasteiger partial charge in [0.05, 0.1) is 11.1 Å². The summed E-state index contributed by atoms with van der Waals surface area (Å²) in [4.78, 5) is 17.5. The van der Waals surface area contributed by atoms with Crippen molar-refractivity contribution >= 4 is 28.1 Å². The van der Waals surface area contributed by atoms with Crippen molar-refractivity contribution in [1.29, 1.82) is 0 Å². The van der Waals surface area contributed by atoms with E-state index in [0.29, 0.717) is 6.54 Å². The van der Waals surface area contributed by atoms with E-state index in [0.717, 1.165) is 60.6 Å². The number of hydrogen-bond donors (Lipinski definition) is 0. The van der Waals surface area contributed by atoms with E-state index in [1.54, 1.807) is 4.68 Å². The Labute approximate surface area is 170 Å². The summed E-state index contributed by atoms with van der Waals surface area (Å²) in [6.07, 6.45) is 0.919. The van der Waals surface area contributed by atoms with Crippen LogP contribution in [0.25, 0.3) is 10.8 Å². The van der Waals surface area contributed by atoms with E-state index in [4.69, 9.17) is 11.6 Å². The zero-order valence-electron chi connectivity index (χ0n) is 16.1. The van der Waals surface area contributed by atoms with Gasteiger partial charge < -0.3 is 4.90 Å². The van der Waals surface area contributed by atoms with Gasteiger partial charge in [-0.05, 0) is 37.6 Å². The Balaban J connectivity index is 1.32. The van der Waals surface area contributed by atoms with Crippen LogP contribution < -0.4 is 10.5 Å². The van der Waals surface area contributed by atoms with Gasteiger partial charge in [-0.25, -0.2) is 4.68 Å². The van der Waals surface area contributed by atoms with Crippen LogP contribution in [-0.2, 0) is 6.54 Å². The van der Waals surface area contributed by atoms with Gasteiger partial charge in [0.2, 0.25) is 0 Å². The first-order valence-electron chi connectivity index (χ1n) is 9.81. The number of rotatable bonds is 5. The third kappa shape index (κ3) is 4.05. The average molecular weight is 397 g/mol. The summed E-state index contributed by atoms with van der Waals surface area (Å²) in [7, 11) is 0. The molecule has 0 atom stereocenters. The Morgan fingerprint density at radius 2 is 1.71 bits per heavy atom. The van der Waals surface area contributed by atoms with Gasteiger partial charge in [-0.15, -0.1) is 0 Å². The molecule has 1 aliphatic rings. The lowest BCUT2D eigenvalue weighted by Gasteiger charge is -2.36. The average Bonchev–Trinajstić information content (AvgIpc) is 2.72. The maximum Gasteiger partial charge on any atom is 0.274 e. The lowest BCUT2D eigenvalue weighted by Crippen LogP contribution is -2.46. The SMILES string of the molecule is Cc1nn(CCCN2CCN(c3cccc(Cl)c3)CC2)c(=O)c2ccccc12. The van der Waals surface area contributed by atoms with Crippen molar-refractivity contribution in [1.82, 2.24) is 14.7 Å². The maximum atomic E-state index is 12.7. The van der Waals surface area contributed by atoms with Crippen molar-refractivity contribution in [2.24, 2.45) is 0 Å². The molecule has 0 saturated carbocycles. The van der Waals surface area contributed by atoms with Crippen molar-refractivity contribution in [3.8, 4) is 0 Å². The summed E-state index contributed by atoms with van der Waals surface area (Å²) in [5.74, 6) is 0. The van der Waals surface area contributed by atoms with Gasteiger partial charge in [-0.1, -0.05) is 35.9 Å². The Morgan fingerprint density at radius 3 is 2.46 bits per heavy atom. The third-order valence-corrected chi connectivity index (χ3v) is 5.68. The van der Waals surface area contributed by atoms with Crippen LogP contribution in [0.3, 0.4) is 0 Å². The molecule has 1 aromatic heterocycles. The molecule has 28 heavy (non-hydrogen) atoms. The van der Waals surface area contributed by atoms with E-state index in [1.807, 2.05) is 49.4 Å². The number of nitrogens with zero attached hydrogens (tertiary/aromatic N) is 4. The molecule has 0 aliphatic carbocycles. The first-order valence-corrected chi connectivity index (χ1v) is 10.2. The molecule has 5 nitrogen and oxygen atoms in total. The van der Waals surface area contributed by atoms with E-state index >= 15 is 0 Å². The minimum atomic E-state index is 0.00646. The van der Waals surface area contributed by atoms with Gasteiger partial charge >= 0.3 is 0 Å². The number of benzene rings is 2. The summed E-state index contributed by atoms with van der Waals surface area (Å²) in [6.45, 7) is 7.62. The fourth-order valence-corrected chi connectivity index (χ4v) is 4.09. The molecule has 4 rings (SSSR count). The topological polar surface area (TPSA) is 41.4 Å². The van der Waals surface area contributed by atoms with Crippen LogP contribution in [0.5, 0.6) is 0 Å². The largest absolute Gasteiger partial charge is 0.369 e. The number of anilines is 1. The van der Waals surface area contributed by atoms with E-state index in [1.165, 1.54) is 5.69 Å². The number of aromatic nitrogens is 2. The van der Waals surface area contributed by atoms with Crippen LogP contribution in [0.4, 0.5) is 5.69 Å². The number of fused-ring (bicyclic) bond motifs is 1. The first kappa shape index (κ1) is 19.0. The normalized spacial score (nSPS) is 15.3. The molecule has 1 aliphatic heterocycles. The minimum Gasteiger partial charge on any atom is -0.369 e. The standard InChI is InChI=1S/C22H25ClN4O/c1-17-20-8-2-3-9-21(20)22(28)27(24-17)11-5-10-25-12-14-26(15-13-25)19-7-4-6-18(23)16-19/h2-4,6-9,16H,5,10-15H2,1H3. The Morgan fingerprint density at radius 1 is 0.964 bits per heavy atom. The van der Waals surface area contributed by atoms with Crippen LogP contribution in [0.1, 0.15) is 12.1 Å². The molecular formula is C22H25ClN4O. The monoisotopic (exact) mass is 396 g/mol. The molecule has 1 fully saturated rings. The van der Waals surface area contributed by atoms with Gasteiger partial charge in [0, 0.05) is 55.4 Å². The molecule has 2 heterocycles. The number of hydrogen-bond acceptors (Lipinski definition) is 4. The molecule has 3 aromatic rings. The van der Waals surface area contributed by atoms with Crippen LogP contribution >= 0.6 is 11.6 Å². The highest BCUT2D eigenvalue weighted by molar-refractivity contribution is 6.30. The molecule has 0 amide bonds. The predicted octanol–water partition coefficient (Wildman–Crippen LogP) is 3.57. The summed E-state index contributed by atoms with van der Waals surface area (Å²) in [5, 5.41) is 6.99. The van der Waals surface area contributed by atoms with E-state index in [9.17, 15) is 4.79 Å². The van der Waals surface area contributed by atoms with Gasteiger partial charge in [-0.3, -0.25) is 9.69 Å². The van der Waals surface area contributed by atoms with Crippen LogP contribution in [0, 0.1) is 6.92 Å². The Kier molecular flexibility index (Phi) is 5.64. The lowest BCUT2D eigenvalue weighted by atomic mass is 10.1. The predicted molar refractivity (Wildman–Crippen MR) is 115 cm³/mol. The Bertz CT molecular complexity index is 1020. The summed E-state index contributed by atoms with van der Waals surface area (Å²) < 4.78 is 1.62. The van der Waals surface area contributed by atoms with E-state index in [-0.39, 0.29) is 5.56 Å². The highest BCUT2D eigenvalue weighted by Gasteiger charge is 2.17. The van der Waals surface area contributed by atoms with Crippen molar-refractivity contribution in [2.45, 2.75) is 19.9 Å². The molecule has 0 unspecified atom stereocenters. The van der Waals surface area contributed by atoms with Crippen molar-refractivity contribution in [3.63, 3.8) is 0 Å². The Hall–Kier alpha value is -2.37. The van der Waals surface area contributed by atoms with Gasteiger partial charge in [-0.2, -0.15) is 5.10 Å². The molecule has 2 aromatic carbocycles. The van der Waals surface area contributed by atoms with Crippen LogP contribution in [0.15, 0.2) is 53.3 Å². The molecule has 0 N–H and O–H groups in total. The second-order valence-corrected chi connectivity index (χ2v) is 7.76. The molecule has 1 saturated heterocycles. The van der Waals surface area contributed by atoms with Crippen LogP contribution in [0.2, 0.25) is 5.02 Å². The fraction of sp³-hybridized carbons (Fsp3) is 0.364. The van der Waals surface area contributed by atoms with Gasteiger partial charge in [0.15, 0.2) is 0 Å². The molecule has 0 bridgehead atoms. The molecule has 0 radical (unpaired) electrons. The van der Waals surface area contributed by atoms with Gasteiger partial charge in [0.25, 0.3) is 5.56 Å². The molecule has 6 heteroatoms.